The number of nitrogens with one attached hydrogen (secondary N) is 1. The van der Waals surface area contributed by atoms with Crippen LogP contribution in [0.15, 0.2) is 10.8 Å². The van der Waals surface area contributed by atoms with Crippen molar-refractivity contribution in [1.82, 2.24) is 29.9 Å². The topological polar surface area (TPSA) is 60.6 Å². The van der Waals surface area contributed by atoms with Gasteiger partial charge in [-0.3, -0.25) is 4.68 Å². The van der Waals surface area contributed by atoms with Crippen LogP contribution in [0.5, 0.6) is 0 Å². The Balaban J connectivity index is 2.03. The van der Waals surface area contributed by atoms with Crippen LogP contribution in [0, 0.1) is 0 Å². The van der Waals surface area contributed by atoms with Gasteiger partial charge >= 0.3 is 0 Å². The van der Waals surface area contributed by atoms with Crippen molar-refractivity contribution in [2.24, 2.45) is 7.05 Å². The van der Waals surface area contributed by atoms with E-state index < -0.39 is 0 Å². The average Bonchev–Trinajstić information content (AvgIpc) is 2.95. The van der Waals surface area contributed by atoms with Crippen LogP contribution in [-0.4, -0.2) is 24.5 Å². The minimum atomic E-state index is 0.694. The fourth-order valence-electron chi connectivity index (χ4n) is 1.95. The van der Waals surface area contributed by atoms with Crippen molar-refractivity contribution < 1.29 is 0 Å². The first kappa shape index (κ1) is 14.2. The zero-order chi connectivity index (χ0) is 13.8. The number of nitrogens with zero attached hydrogens (tertiary/aromatic N) is 5. The molecule has 0 saturated heterocycles. The molecule has 0 aromatic carbocycles. The molecule has 2 aromatic heterocycles. The van der Waals surface area contributed by atoms with Gasteiger partial charge in [-0.15, -0.1) is 10.2 Å². The van der Waals surface area contributed by atoms with Crippen LogP contribution < -0.4 is 5.32 Å². The minimum absolute atomic E-state index is 0.694. The quantitative estimate of drug-likeness (QED) is 0.876. The van der Waals surface area contributed by atoms with Crippen molar-refractivity contribution in [3.63, 3.8) is 0 Å². The standard InChI is InChI=1S/C12H19BrN6/c1-4-9-12(13)10(19(5-2)17-9)6-14-7-11-16-15-8-18(11)3/h8,14H,4-7H2,1-3H3. The van der Waals surface area contributed by atoms with Crippen LogP contribution in [0.25, 0.3) is 0 Å². The van der Waals surface area contributed by atoms with E-state index in [9.17, 15) is 0 Å². The van der Waals surface area contributed by atoms with Crippen molar-refractivity contribution in [2.45, 2.75) is 39.9 Å². The van der Waals surface area contributed by atoms with Crippen LogP contribution in [0.2, 0.25) is 0 Å². The van der Waals surface area contributed by atoms with E-state index in [2.05, 4.69) is 50.4 Å². The number of aryl methyl sites for hydroxylation is 3. The fraction of sp³-hybridized carbons (Fsp3) is 0.583. The molecule has 0 bridgehead atoms. The minimum Gasteiger partial charge on any atom is -0.320 e. The van der Waals surface area contributed by atoms with Crippen LogP contribution in [0.4, 0.5) is 0 Å². The summed E-state index contributed by atoms with van der Waals surface area (Å²) in [5.74, 6) is 0.925. The predicted octanol–water partition coefficient (Wildman–Crippen LogP) is 1.65. The molecule has 0 aliphatic rings. The molecule has 2 heterocycles. The van der Waals surface area contributed by atoms with Crippen molar-refractivity contribution in [3.8, 4) is 0 Å². The second-order valence-electron chi connectivity index (χ2n) is 4.34. The highest BCUT2D eigenvalue weighted by Gasteiger charge is 2.13. The highest BCUT2D eigenvalue weighted by molar-refractivity contribution is 9.10. The van der Waals surface area contributed by atoms with Gasteiger partial charge in [0.2, 0.25) is 0 Å². The van der Waals surface area contributed by atoms with Crippen LogP contribution >= 0.6 is 15.9 Å². The van der Waals surface area contributed by atoms with E-state index in [4.69, 9.17) is 0 Å². The number of aromatic nitrogens is 5. The Kier molecular flexibility index (Phi) is 4.71. The Morgan fingerprint density at radius 1 is 1.32 bits per heavy atom. The highest BCUT2D eigenvalue weighted by atomic mass is 79.9. The van der Waals surface area contributed by atoms with Crippen LogP contribution in [0.3, 0.4) is 0 Å². The van der Waals surface area contributed by atoms with Gasteiger partial charge in [0.1, 0.15) is 12.2 Å². The van der Waals surface area contributed by atoms with Crippen LogP contribution in [-0.2, 0) is 33.1 Å². The molecule has 0 aliphatic carbocycles. The number of hydrogen-bond acceptors (Lipinski definition) is 4. The van der Waals surface area contributed by atoms with E-state index in [1.165, 1.54) is 5.69 Å². The second kappa shape index (κ2) is 6.29. The van der Waals surface area contributed by atoms with Crippen molar-refractivity contribution >= 4 is 15.9 Å². The molecule has 19 heavy (non-hydrogen) atoms. The largest absolute Gasteiger partial charge is 0.320 e. The van der Waals surface area contributed by atoms with Gasteiger partial charge in [-0.2, -0.15) is 5.10 Å². The van der Waals surface area contributed by atoms with E-state index >= 15 is 0 Å². The van der Waals surface area contributed by atoms with Gasteiger partial charge < -0.3 is 9.88 Å². The SMILES string of the molecule is CCc1nn(CC)c(CNCc2nncn2C)c1Br. The Bertz CT molecular complexity index is 544. The third-order valence-corrected chi connectivity index (χ3v) is 3.99. The van der Waals surface area contributed by atoms with Crippen LogP contribution in [0.1, 0.15) is 31.1 Å². The molecule has 0 radical (unpaired) electrons. The fourth-order valence-corrected chi connectivity index (χ4v) is 2.65. The maximum atomic E-state index is 4.58. The lowest BCUT2D eigenvalue weighted by Gasteiger charge is -2.07. The third-order valence-electron chi connectivity index (χ3n) is 3.07. The summed E-state index contributed by atoms with van der Waals surface area (Å²) in [6.45, 7) is 6.54. The first-order valence-corrected chi connectivity index (χ1v) is 7.24. The zero-order valence-corrected chi connectivity index (χ0v) is 13.1. The smallest absolute Gasteiger partial charge is 0.146 e. The molecule has 0 atom stereocenters. The Labute approximate surface area is 121 Å². The molecule has 2 aromatic rings. The molecular weight excluding hydrogens is 308 g/mol. The molecule has 0 unspecified atom stereocenters. The predicted molar refractivity (Wildman–Crippen MR) is 76.5 cm³/mol. The lowest BCUT2D eigenvalue weighted by molar-refractivity contribution is 0.564. The Morgan fingerprint density at radius 3 is 2.68 bits per heavy atom. The average molecular weight is 327 g/mol. The normalized spacial score (nSPS) is 11.2. The first-order chi connectivity index (χ1) is 9.17. The molecule has 1 N–H and O–H groups in total. The van der Waals surface area contributed by atoms with Gasteiger partial charge in [-0.05, 0) is 29.3 Å². The van der Waals surface area contributed by atoms with Gasteiger partial charge in [0.05, 0.1) is 22.4 Å². The van der Waals surface area contributed by atoms with Gasteiger partial charge in [-0.25, -0.2) is 0 Å². The summed E-state index contributed by atoms with van der Waals surface area (Å²) >= 11 is 3.64. The number of halogens is 1. The van der Waals surface area contributed by atoms with Crippen molar-refractivity contribution in [2.75, 3.05) is 0 Å². The Morgan fingerprint density at radius 2 is 2.11 bits per heavy atom. The molecule has 0 saturated carbocycles. The first-order valence-electron chi connectivity index (χ1n) is 6.45. The molecule has 0 aliphatic heterocycles. The lowest BCUT2D eigenvalue weighted by Crippen LogP contribution is -2.18. The van der Waals surface area contributed by atoms with Gasteiger partial charge in [0.15, 0.2) is 0 Å². The van der Waals surface area contributed by atoms with Gasteiger partial charge in [-0.1, -0.05) is 6.92 Å². The van der Waals surface area contributed by atoms with E-state index in [0.717, 1.165) is 35.5 Å². The summed E-state index contributed by atoms with van der Waals surface area (Å²) < 4.78 is 5.06. The number of hydrogen-bond donors (Lipinski definition) is 1. The Hall–Kier alpha value is -1.21. The summed E-state index contributed by atoms with van der Waals surface area (Å²) in [5.41, 5.74) is 2.29. The van der Waals surface area contributed by atoms with Gasteiger partial charge in [0, 0.05) is 20.1 Å². The van der Waals surface area contributed by atoms with E-state index in [0.29, 0.717) is 6.54 Å². The molecule has 0 spiro atoms. The monoisotopic (exact) mass is 326 g/mol. The summed E-state index contributed by atoms with van der Waals surface area (Å²) in [5, 5.41) is 15.9. The molecule has 0 fully saturated rings. The molecular formula is C12H19BrN6. The molecule has 104 valence electrons. The van der Waals surface area contributed by atoms with Crippen molar-refractivity contribution in [3.05, 3.63) is 28.0 Å². The van der Waals surface area contributed by atoms with Crippen molar-refractivity contribution in [1.29, 1.82) is 0 Å². The van der Waals surface area contributed by atoms with E-state index in [1.54, 1.807) is 6.33 Å². The molecule has 6 nitrogen and oxygen atoms in total. The lowest BCUT2D eigenvalue weighted by atomic mass is 10.3. The second-order valence-corrected chi connectivity index (χ2v) is 5.13. The summed E-state index contributed by atoms with van der Waals surface area (Å²) in [6, 6.07) is 0. The molecule has 0 amide bonds. The maximum absolute atomic E-state index is 4.58. The van der Waals surface area contributed by atoms with Gasteiger partial charge in [0.25, 0.3) is 0 Å². The third kappa shape index (κ3) is 3.03. The van der Waals surface area contributed by atoms with E-state index in [1.807, 2.05) is 16.3 Å². The molecule has 2 rings (SSSR count). The molecule has 7 heteroatoms. The highest BCUT2D eigenvalue weighted by Crippen LogP contribution is 2.22. The zero-order valence-electron chi connectivity index (χ0n) is 11.5. The maximum Gasteiger partial charge on any atom is 0.146 e. The summed E-state index contributed by atoms with van der Waals surface area (Å²) in [4.78, 5) is 0. The number of rotatable bonds is 6. The summed E-state index contributed by atoms with van der Waals surface area (Å²) in [6.07, 6.45) is 2.64. The summed E-state index contributed by atoms with van der Waals surface area (Å²) in [7, 11) is 1.94. The van der Waals surface area contributed by atoms with E-state index in [-0.39, 0.29) is 0 Å².